The van der Waals surface area contributed by atoms with Gasteiger partial charge in [-0.3, -0.25) is 0 Å². The fourth-order valence-electron chi connectivity index (χ4n) is 8.94. The summed E-state index contributed by atoms with van der Waals surface area (Å²) in [6, 6.07) is 0. The van der Waals surface area contributed by atoms with Gasteiger partial charge in [0.15, 0.2) is 0 Å². The Morgan fingerprint density at radius 1 is 0.966 bits per heavy atom. The summed E-state index contributed by atoms with van der Waals surface area (Å²) in [7, 11) is 0. The van der Waals surface area contributed by atoms with E-state index in [1.165, 1.54) is 57.8 Å². The Balaban J connectivity index is 1.53. The summed E-state index contributed by atoms with van der Waals surface area (Å²) < 4.78 is 1.85. The molecule has 0 aromatic rings. The van der Waals surface area contributed by atoms with Gasteiger partial charge in [-0.25, -0.2) is 0 Å². The average Bonchev–Trinajstić information content (AvgIpc) is 3.00. The van der Waals surface area contributed by atoms with Crippen LogP contribution >= 0.6 is 0 Å². The summed E-state index contributed by atoms with van der Waals surface area (Å²) in [6.07, 6.45) is 14.9. The van der Waals surface area contributed by atoms with E-state index in [-0.39, 0.29) is 6.10 Å². The molecule has 0 heterocycles. The second-order valence-electron chi connectivity index (χ2n) is 12.5. The molecule has 0 aliphatic heterocycles. The topological polar surface area (TPSA) is 20.2 Å². The zero-order valence-electron chi connectivity index (χ0n) is 20.0. The van der Waals surface area contributed by atoms with Gasteiger partial charge < -0.3 is 0 Å². The molecule has 4 rings (SSSR count). The van der Waals surface area contributed by atoms with E-state index in [1.807, 2.05) is 3.08 Å². The number of hydrogen-bond donors (Lipinski definition) is 1. The molecule has 2 heteroatoms. The zero-order chi connectivity index (χ0) is 21.0. The number of hydrogen-bond acceptors (Lipinski definition) is 1. The van der Waals surface area contributed by atoms with Crippen molar-refractivity contribution in [3.8, 4) is 0 Å². The molecule has 1 nitrogen and oxygen atoms in total. The average molecular weight is 586 g/mol. The molecule has 4 aliphatic carbocycles. The van der Waals surface area contributed by atoms with Gasteiger partial charge in [-0.2, -0.15) is 0 Å². The van der Waals surface area contributed by atoms with Gasteiger partial charge >= 0.3 is 198 Å². The molecule has 0 bridgehead atoms. The minimum absolute atomic E-state index is 0.0513. The maximum absolute atomic E-state index is 10.4. The van der Waals surface area contributed by atoms with Crippen molar-refractivity contribution in [2.24, 2.45) is 46.3 Å². The first-order chi connectivity index (χ1) is 13.7. The number of fused-ring (bicyclic) bond motifs is 5. The van der Waals surface area contributed by atoms with Crippen molar-refractivity contribution >= 4 is 0 Å². The molecule has 3 fully saturated rings. The van der Waals surface area contributed by atoms with E-state index >= 15 is 0 Å². The molecule has 0 saturated heterocycles. The van der Waals surface area contributed by atoms with Crippen LogP contribution in [0.25, 0.3) is 0 Å². The van der Waals surface area contributed by atoms with Crippen molar-refractivity contribution in [1.82, 2.24) is 0 Å². The van der Waals surface area contributed by atoms with Crippen molar-refractivity contribution in [3.63, 3.8) is 0 Å². The summed E-state index contributed by atoms with van der Waals surface area (Å²) in [6.45, 7) is 12.7. The molecule has 3 saturated carbocycles. The Morgan fingerprint density at radius 2 is 1.72 bits per heavy atom. The van der Waals surface area contributed by atoms with Crippen molar-refractivity contribution in [2.75, 3.05) is 0 Å². The fourth-order valence-corrected chi connectivity index (χ4v) is 12.4. The van der Waals surface area contributed by atoms with E-state index in [2.05, 4.69) is 34.6 Å². The Bertz CT molecular complexity index is 638. The van der Waals surface area contributed by atoms with Gasteiger partial charge in [-0.1, -0.05) is 0 Å². The Kier molecular flexibility index (Phi) is 6.71. The summed E-state index contributed by atoms with van der Waals surface area (Å²) in [5.41, 5.74) is 2.79. The zero-order valence-corrected chi connectivity index (χ0v) is 25.5. The van der Waals surface area contributed by atoms with Crippen LogP contribution in [-0.4, -0.2) is 11.2 Å². The van der Waals surface area contributed by atoms with E-state index in [0.29, 0.717) is 10.8 Å². The van der Waals surface area contributed by atoms with E-state index in [9.17, 15) is 5.11 Å². The van der Waals surface area contributed by atoms with Gasteiger partial charge in [0, 0.05) is 0 Å². The number of rotatable bonds is 5. The molecule has 8 atom stereocenters. The molecule has 0 aromatic heterocycles. The van der Waals surface area contributed by atoms with E-state index in [1.54, 1.807) is 5.57 Å². The van der Waals surface area contributed by atoms with E-state index in [4.69, 9.17) is 0 Å². The Labute approximate surface area is 196 Å². The second-order valence-corrected chi connectivity index (χ2v) is 15.8. The van der Waals surface area contributed by atoms with Crippen molar-refractivity contribution in [3.05, 3.63) is 8.65 Å². The summed E-state index contributed by atoms with van der Waals surface area (Å²) in [5, 5.41) is 10.4. The number of allylic oxidation sites excluding steroid dienone is 1. The first-order valence-corrected chi connectivity index (χ1v) is 15.6. The van der Waals surface area contributed by atoms with Gasteiger partial charge in [0.25, 0.3) is 0 Å². The Hall–Kier alpha value is 0.635. The standard InChI is InChI=1S/C27H45O.Hg/c1-18(2)7-6-8-19(3)23-11-12-24-22-10-9-20-17-21(28)13-15-26(20,4)25(22)14-16-27(23,24)5;/h18-19,21-25,28H,6-8,10-17H2,1-5H3;/q;+1/t19?,21-,22?,23+,24?,25?,26-,27+;/m0./s1. The quantitative estimate of drug-likeness (QED) is 0.337. The van der Waals surface area contributed by atoms with Crippen molar-refractivity contribution in [2.45, 2.75) is 111 Å². The van der Waals surface area contributed by atoms with Crippen molar-refractivity contribution < 1.29 is 31.2 Å². The van der Waals surface area contributed by atoms with Gasteiger partial charge in [0.05, 0.1) is 0 Å². The molecule has 0 amide bonds. The number of aliphatic hydroxyl groups excluding tert-OH is 1. The van der Waals surface area contributed by atoms with Gasteiger partial charge in [-0.15, -0.1) is 0 Å². The van der Waals surface area contributed by atoms with Gasteiger partial charge in [0.2, 0.25) is 0 Å². The third-order valence-corrected chi connectivity index (χ3v) is 13.3. The van der Waals surface area contributed by atoms with Crippen LogP contribution in [0.15, 0.2) is 8.65 Å². The normalized spacial score (nSPS) is 45.8. The van der Waals surface area contributed by atoms with Crippen LogP contribution in [0.4, 0.5) is 0 Å². The maximum atomic E-state index is 10.4. The molecule has 0 aromatic carbocycles. The second kappa shape index (κ2) is 8.53. The van der Waals surface area contributed by atoms with Crippen LogP contribution in [0, 0.1) is 46.3 Å². The third-order valence-electron chi connectivity index (χ3n) is 10.5. The first kappa shape index (κ1) is 22.8. The molecule has 4 aliphatic rings. The van der Waals surface area contributed by atoms with Crippen LogP contribution in [0.1, 0.15) is 105 Å². The van der Waals surface area contributed by atoms with Gasteiger partial charge in [-0.05, 0) is 0 Å². The molecule has 0 spiro atoms. The molecule has 29 heavy (non-hydrogen) atoms. The molecule has 0 radical (unpaired) electrons. The molecule has 160 valence electrons. The summed E-state index contributed by atoms with van der Waals surface area (Å²) >= 11 is 0.733. The molecular formula is C27H45HgO+. The van der Waals surface area contributed by atoms with Gasteiger partial charge in [0.1, 0.15) is 0 Å². The van der Waals surface area contributed by atoms with Crippen LogP contribution in [0.2, 0.25) is 0 Å². The summed E-state index contributed by atoms with van der Waals surface area (Å²) in [4.78, 5) is 0. The van der Waals surface area contributed by atoms with E-state index < -0.39 is 0 Å². The monoisotopic (exact) mass is 587 g/mol. The fraction of sp³-hybridized carbons (Fsp3) is 0.926. The van der Waals surface area contributed by atoms with Crippen molar-refractivity contribution in [1.29, 1.82) is 0 Å². The minimum atomic E-state index is -0.0513. The predicted molar refractivity (Wildman–Crippen MR) is 118 cm³/mol. The molecule has 4 unspecified atom stereocenters. The first-order valence-electron chi connectivity index (χ1n) is 12.9. The van der Waals surface area contributed by atoms with E-state index in [0.717, 1.165) is 74.5 Å². The number of aliphatic hydroxyl groups is 1. The predicted octanol–water partition coefficient (Wildman–Crippen LogP) is 7.26. The molecule has 1 N–H and O–H groups in total. The van der Waals surface area contributed by atoms with Crippen LogP contribution < -0.4 is 0 Å². The van der Waals surface area contributed by atoms with Crippen LogP contribution in [0.5, 0.6) is 0 Å². The molecular weight excluding hydrogens is 541 g/mol. The SMILES string of the molecule is CC(C)CCCC(C)[C@H]1CCC2C3C[C]([Hg+])=C4C[C@@H](O)CC[C@]4(C)C3CC[C@@]21C. The summed E-state index contributed by atoms with van der Waals surface area (Å²) in [5.74, 6) is 5.58. The third kappa shape index (κ3) is 3.96. The van der Waals surface area contributed by atoms with Crippen LogP contribution in [0.3, 0.4) is 0 Å². The Morgan fingerprint density at radius 3 is 2.45 bits per heavy atom. The van der Waals surface area contributed by atoms with Crippen LogP contribution in [-0.2, 0) is 26.1 Å².